The van der Waals surface area contributed by atoms with Crippen LogP contribution >= 0.6 is 11.6 Å². The molecule has 0 atom stereocenters. The third-order valence-electron chi connectivity index (χ3n) is 1.00. The Morgan fingerprint density at radius 3 is 2.64 bits per heavy atom. The summed E-state index contributed by atoms with van der Waals surface area (Å²) in [6.07, 6.45) is -0.433. The Morgan fingerprint density at radius 1 is 1.55 bits per heavy atom. The number of hydrogen-bond donors (Lipinski definition) is 0. The first-order valence-electron chi connectivity index (χ1n) is 3.15. The maximum absolute atomic E-state index is 10.8. The van der Waals surface area contributed by atoms with Crippen LogP contribution in [0.15, 0.2) is 0 Å². The molecule has 0 aliphatic heterocycles. The van der Waals surface area contributed by atoms with Crippen molar-refractivity contribution in [3.8, 4) is 0 Å². The number of rotatable bonds is 4. The maximum Gasteiger partial charge on any atom is 0.410 e. The second kappa shape index (κ2) is 6.24. The van der Waals surface area contributed by atoms with Gasteiger partial charge in [-0.3, -0.25) is 4.90 Å². The van der Waals surface area contributed by atoms with E-state index in [0.29, 0.717) is 6.61 Å². The molecule has 0 aromatic heterocycles. The quantitative estimate of drug-likeness (QED) is 0.368. The zero-order valence-electron chi connectivity index (χ0n) is 6.67. The second-order valence-corrected chi connectivity index (χ2v) is 2.16. The Hall–Kier alpha value is -0.480. The van der Waals surface area contributed by atoms with Crippen LogP contribution in [0.4, 0.5) is 4.79 Å². The number of nitrogens with zero attached hydrogens (tertiary/aromatic N) is 1. The minimum absolute atomic E-state index is 0.131. The van der Waals surface area contributed by atoms with Gasteiger partial charge in [-0.15, -0.1) is 11.6 Å². The highest BCUT2D eigenvalue weighted by Gasteiger charge is 2.06. The predicted molar refractivity (Wildman–Crippen MR) is 41.7 cm³/mol. The molecule has 0 heterocycles. The van der Waals surface area contributed by atoms with Crippen LogP contribution in [0.2, 0.25) is 0 Å². The van der Waals surface area contributed by atoms with Crippen LogP contribution < -0.4 is 0 Å². The van der Waals surface area contributed by atoms with Crippen LogP contribution in [0.1, 0.15) is 0 Å². The minimum atomic E-state index is -0.433. The number of amides is 1. The fourth-order valence-electron chi connectivity index (χ4n) is 0.371. The number of carbonyl (C=O) groups excluding carboxylic acids is 1. The van der Waals surface area contributed by atoms with Crippen molar-refractivity contribution < 1.29 is 14.3 Å². The van der Waals surface area contributed by atoms with Crippen LogP contribution in [-0.2, 0) is 9.47 Å². The molecule has 0 spiro atoms. The molecule has 5 heteroatoms. The Kier molecular flexibility index (Phi) is 5.97. The van der Waals surface area contributed by atoms with Gasteiger partial charge in [-0.1, -0.05) is 0 Å². The maximum atomic E-state index is 10.8. The number of carbonyl (C=O) groups is 1. The lowest BCUT2D eigenvalue weighted by molar-refractivity contribution is 0.0805. The van der Waals surface area contributed by atoms with E-state index in [0.717, 1.165) is 0 Å². The third kappa shape index (κ3) is 4.86. The summed E-state index contributed by atoms with van der Waals surface area (Å²) < 4.78 is 9.39. The van der Waals surface area contributed by atoms with Gasteiger partial charge in [0, 0.05) is 14.2 Å². The number of alkyl halides is 1. The van der Waals surface area contributed by atoms with Crippen LogP contribution in [0.3, 0.4) is 0 Å². The number of halogens is 1. The standard InChI is InChI=1S/C6H12ClNO3/c1-8(5-7)6(9)11-4-3-10-2/h3-5H2,1-2H3. The fourth-order valence-corrected chi connectivity index (χ4v) is 0.469. The van der Waals surface area contributed by atoms with Crippen molar-refractivity contribution in [1.29, 1.82) is 0 Å². The molecule has 0 radical (unpaired) electrons. The average molecular weight is 182 g/mol. The van der Waals surface area contributed by atoms with Gasteiger partial charge in [0.25, 0.3) is 0 Å². The molecule has 4 nitrogen and oxygen atoms in total. The highest BCUT2D eigenvalue weighted by atomic mass is 35.5. The topological polar surface area (TPSA) is 38.8 Å². The molecule has 1 amide bonds. The highest BCUT2D eigenvalue weighted by Crippen LogP contribution is 1.91. The lowest BCUT2D eigenvalue weighted by Gasteiger charge is -2.12. The Morgan fingerprint density at radius 2 is 2.18 bits per heavy atom. The van der Waals surface area contributed by atoms with Gasteiger partial charge in [-0.2, -0.15) is 0 Å². The molecule has 11 heavy (non-hydrogen) atoms. The van der Waals surface area contributed by atoms with Crippen molar-refractivity contribution in [2.45, 2.75) is 0 Å². The normalized spacial score (nSPS) is 9.36. The average Bonchev–Trinajstić information content (AvgIpc) is 2.03. The lowest BCUT2D eigenvalue weighted by atomic mass is 10.8. The number of ether oxygens (including phenoxy) is 2. The van der Waals surface area contributed by atoms with Crippen molar-refractivity contribution >= 4 is 17.7 Å². The Labute approximate surface area is 71.0 Å². The van der Waals surface area contributed by atoms with E-state index < -0.39 is 6.09 Å². The molecule has 0 aromatic rings. The summed E-state index contributed by atoms with van der Waals surface area (Å²) in [7, 11) is 3.10. The molecule has 66 valence electrons. The highest BCUT2D eigenvalue weighted by molar-refractivity contribution is 6.18. The molecule has 0 N–H and O–H groups in total. The third-order valence-corrected chi connectivity index (χ3v) is 1.36. The zero-order chi connectivity index (χ0) is 8.69. The summed E-state index contributed by atoms with van der Waals surface area (Å²) in [5.41, 5.74) is 0. The van der Waals surface area contributed by atoms with Crippen LogP contribution in [0, 0.1) is 0 Å². The van der Waals surface area contributed by atoms with Gasteiger partial charge in [0.05, 0.1) is 12.6 Å². The van der Waals surface area contributed by atoms with Gasteiger partial charge in [0.15, 0.2) is 0 Å². The molecule has 0 unspecified atom stereocenters. The summed E-state index contributed by atoms with van der Waals surface area (Å²) in [5, 5.41) is 0. The molecule has 0 aliphatic rings. The second-order valence-electron chi connectivity index (χ2n) is 1.92. The van der Waals surface area contributed by atoms with Crippen molar-refractivity contribution in [2.75, 3.05) is 33.4 Å². The van der Waals surface area contributed by atoms with Crippen LogP contribution in [0.5, 0.6) is 0 Å². The number of methoxy groups -OCH3 is 1. The zero-order valence-corrected chi connectivity index (χ0v) is 7.43. The monoisotopic (exact) mass is 181 g/mol. The SMILES string of the molecule is COCCOC(=O)N(C)CCl. The lowest BCUT2D eigenvalue weighted by Crippen LogP contribution is -2.27. The van der Waals surface area contributed by atoms with E-state index in [1.165, 1.54) is 4.90 Å². The van der Waals surface area contributed by atoms with E-state index in [-0.39, 0.29) is 12.6 Å². The summed E-state index contributed by atoms with van der Waals surface area (Å²) in [5.74, 6) is 0. The Bertz CT molecular complexity index is 120. The van der Waals surface area contributed by atoms with Crippen molar-refractivity contribution in [3.63, 3.8) is 0 Å². The van der Waals surface area contributed by atoms with Gasteiger partial charge in [0.1, 0.15) is 6.61 Å². The minimum Gasteiger partial charge on any atom is -0.447 e. The van der Waals surface area contributed by atoms with E-state index in [1.54, 1.807) is 14.2 Å². The summed E-state index contributed by atoms with van der Waals surface area (Å²) in [4.78, 5) is 12.1. The van der Waals surface area contributed by atoms with Gasteiger partial charge < -0.3 is 9.47 Å². The molecule has 0 aromatic carbocycles. The molecule has 0 rings (SSSR count). The summed E-state index contributed by atoms with van der Waals surface area (Å²) >= 11 is 5.35. The molecule has 0 saturated heterocycles. The fraction of sp³-hybridized carbons (Fsp3) is 0.833. The van der Waals surface area contributed by atoms with E-state index in [2.05, 4.69) is 4.74 Å². The van der Waals surface area contributed by atoms with E-state index in [4.69, 9.17) is 16.3 Å². The molecule has 0 saturated carbocycles. The van der Waals surface area contributed by atoms with Crippen molar-refractivity contribution in [2.24, 2.45) is 0 Å². The first-order valence-corrected chi connectivity index (χ1v) is 3.68. The molecular formula is C6H12ClNO3. The van der Waals surface area contributed by atoms with Gasteiger partial charge in [0.2, 0.25) is 0 Å². The first kappa shape index (κ1) is 10.5. The first-order chi connectivity index (χ1) is 5.22. The molecular weight excluding hydrogens is 170 g/mol. The summed E-state index contributed by atoms with van der Waals surface area (Å²) in [6, 6.07) is 0.131. The van der Waals surface area contributed by atoms with E-state index >= 15 is 0 Å². The van der Waals surface area contributed by atoms with E-state index in [1.807, 2.05) is 0 Å². The smallest absolute Gasteiger partial charge is 0.410 e. The van der Waals surface area contributed by atoms with Crippen LogP contribution in [0.25, 0.3) is 0 Å². The van der Waals surface area contributed by atoms with Crippen molar-refractivity contribution in [3.05, 3.63) is 0 Å². The van der Waals surface area contributed by atoms with Gasteiger partial charge in [-0.05, 0) is 0 Å². The molecule has 0 bridgehead atoms. The summed E-state index contributed by atoms with van der Waals surface area (Å²) in [6.45, 7) is 0.665. The molecule has 0 fully saturated rings. The van der Waals surface area contributed by atoms with Crippen molar-refractivity contribution in [1.82, 2.24) is 4.90 Å². The largest absolute Gasteiger partial charge is 0.447 e. The van der Waals surface area contributed by atoms with Crippen LogP contribution in [-0.4, -0.2) is 44.4 Å². The predicted octanol–water partition coefficient (Wildman–Crippen LogP) is 0.898. The van der Waals surface area contributed by atoms with Gasteiger partial charge in [-0.25, -0.2) is 4.79 Å². The van der Waals surface area contributed by atoms with Gasteiger partial charge >= 0.3 is 6.09 Å². The number of hydrogen-bond acceptors (Lipinski definition) is 3. The molecule has 0 aliphatic carbocycles. The Balaban J connectivity index is 3.36. The van der Waals surface area contributed by atoms with E-state index in [9.17, 15) is 4.79 Å².